The molecular weight excluding hydrogens is 346 g/mol. The lowest BCUT2D eigenvalue weighted by Gasteiger charge is -2.14. The quantitative estimate of drug-likeness (QED) is 0.416. The number of benzene rings is 2. The molecule has 2 heterocycles. The Balaban J connectivity index is 1.43. The summed E-state index contributed by atoms with van der Waals surface area (Å²) in [5, 5.41) is 8.08. The maximum absolute atomic E-state index is 4.62. The van der Waals surface area contributed by atoms with Crippen LogP contribution in [0.3, 0.4) is 0 Å². The minimum absolute atomic E-state index is 0.636. The van der Waals surface area contributed by atoms with Gasteiger partial charge in [-0.2, -0.15) is 4.98 Å². The number of nitrogens with one attached hydrogen (secondary N) is 3. The Hall–Kier alpha value is -3.34. The summed E-state index contributed by atoms with van der Waals surface area (Å²) in [4.78, 5) is 12.3. The highest BCUT2D eigenvalue weighted by Gasteiger charge is 2.07. The summed E-state index contributed by atoms with van der Waals surface area (Å²) in [6.07, 6.45) is 5.75. The Morgan fingerprint density at radius 3 is 2.79 bits per heavy atom. The number of hydrogen-bond acceptors (Lipinski definition) is 4. The molecule has 0 fully saturated rings. The monoisotopic (exact) mass is 371 g/mol. The van der Waals surface area contributed by atoms with Gasteiger partial charge in [0.25, 0.3) is 0 Å². The third-order valence-corrected chi connectivity index (χ3v) is 5.00. The third-order valence-electron chi connectivity index (χ3n) is 5.00. The van der Waals surface area contributed by atoms with E-state index in [9.17, 15) is 0 Å². The molecule has 0 aliphatic carbocycles. The molecule has 2 aromatic heterocycles. The molecule has 0 saturated carbocycles. The SMILES string of the molecule is CCc1cccc(C)c1Nc1ccnc(NCCc2c[nH]c3ccccc23)n1. The van der Waals surface area contributed by atoms with Gasteiger partial charge in [0.15, 0.2) is 0 Å². The summed E-state index contributed by atoms with van der Waals surface area (Å²) in [7, 11) is 0. The number of aromatic amines is 1. The summed E-state index contributed by atoms with van der Waals surface area (Å²) >= 11 is 0. The smallest absolute Gasteiger partial charge is 0.224 e. The first-order chi connectivity index (χ1) is 13.7. The van der Waals surface area contributed by atoms with E-state index in [2.05, 4.69) is 82.0 Å². The van der Waals surface area contributed by atoms with E-state index in [4.69, 9.17) is 0 Å². The van der Waals surface area contributed by atoms with Crippen molar-refractivity contribution in [2.24, 2.45) is 0 Å². The van der Waals surface area contributed by atoms with Crippen molar-refractivity contribution < 1.29 is 0 Å². The lowest BCUT2D eigenvalue weighted by Crippen LogP contribution is -2.09. The maximum Gasteiger partial charge on any atom is 0.224 e. The summed E-state index contributed by atoms with van der Waals surface area (Å²) in [5.41, 5.74) is 6.10. The zero-order valence-electron chi connectivity index (χ0n) is 16.3. The van der Waals surface area contributed by atoms with E-state index < -0.39 is 0 Å². The first-order valence-electron chi connectivity index (χ1n) is 9.72. The highest BCUT2D eigenvalue weighted by atomic mass is 15.1. The first-order valence-corrected chi connectivity index (χ1v) is 9.72. The van der Waals surface area contributed by atoms with Crippen molar-refractivity contribution in [1.82, 2.24) is 15.0 Å². The van der Waals surface area contributed by atoms with Crippen molar-refractivity contribution in [2.45, 2.75) is 26.7 Å². The van der Waals surface area contributed by atoms with Gasteiger partial charge in [0, 0.05) is 35.5 Å². The van der Waals surface area contributed by atoms with Crippen LogP contribution < -0.4 is 10.6 Å². The van der Waals surface area contributed by atoms with Gasteiger partial charge in [-0.3, -0.25) is 0 Å². The minimum Gasteiger partial charge on any atom is -0.361 e. The van der Waals surface area contributed by atoms with Crippen LogP contribution in [0.1, 0.15) is 23.6 Å². The van der Waals surface area contributed by atoms with Crippen molar-refractivity contribution in [3.05, 3.63) is 77.6 Å². The second-order valence-corrected chi connectivity index (χ2v) is 6.89. The van der Waals surface area contributed by atoms with Crippen LogP contribution in [0.15, 0.2) is 60.9 Å². The van der Waals surface area contributed by atoms with Crippen LogP contribution in [0.25, 0.3) is 10.9 Å². The summed E-state index contributed by atoms with van der Waals surface area (Å²) in [6.45, 7) is 5.05. The topological polar surface area (TPSA) is 65.6 Å². The van der Waals surface area contributed by atoms with Crippen LogP contribution in [-0.2, 0) is 12.8 Å². The second-order valence-electron chi connectivity index (χ2n) is 6.89. The number of nitrogens with zero attached hydrogens (tertiary/aromatic N) is 2. The highest BCUT2D eigenvalue weighted by Crippen LogP contribution is 2.25. The summed E-state index contributed by atoms with van der Waals surface area (Å²) in [5.74, 6) is 1.44. The average molecular weight is 371 g/mol. The van der Waals surface area contributed by atoms with Gasteiger partial charge in [-0.25, -0.2) is 4.98 Å². The summed E-state index contributed by atoms with van der Waals surface area (Å²) in [6, 6.07) is 16.6. The molecule has 4 aromatic rings. The highest BCUT2D eigenvalue weighted by molar-refractivity contribution is 5.83. The van der Waals surface area contributed by atoms with Crippen LogP contribution in [-0.4, -0.2) is 21.5 Å². The first kappa shape index (κ1) is 18.0. The Kier molecular flexibility index (Phi) is 5.24. The van der Waals surface area contributed by atoms with Crippen molar-refractivity contribution in [1.29, 1.82) is 0 Å². The van der Waals surface area contributed by atoms with Gasteiger partial charge in [-0.05, 0) is 48.6 Å². The fourth-order valence-corrected chi connectivity index (χ4v) is 3.49. The Labute approximate surface area is 165 Å². The van der Waals surface area contributed by atoms with Crippen LogP contribution in [0.5, 0.6) is 0 Å². The van der Waals surface area contributed by atoms with Gasteiger partial charge in [0.1, 0.15) is 5.82 Å². The van der Waals surface area contributed by atoms with Crippen LogP contribution in [0, 0.1) is 6.92 Å². The van der Waals surface area contributed by atoms with E-state index >= 15 is 0 Å². The molecule has 0 aliphatic heterocycles. The third kappa shape index (κ3) is 3.83. The Morgan fingerprint density at radius 1 is 1.00 bits per heavy atom. The van der Waals surface area contributed by atoms with Crippen molar-refractivity contribution >= 4 is 28.4 Å². The number of anilines is 3. The second kappa shape index (κ2) is 8.13. The molecule has 0 spiro atoms. The lowest BCUT2D eigenvalue weighted by molar-refractivity contribution is 0.991. The Morgan fingerprint density at radius 2 is 1.89 bits per heavy atom. The predicted molar refractivity (Wildman–Crippen MR) is 116 cm³/mol. The molecule has 3 N–H and O–H groups in total. The molecule has 142 valence electrons. The van der Waals surface area contributed by atoms with Crippen molar-refractivity contribution in [3.8, 4) is 0 Å². The molecule has 0 amide bonds. The fraction of sp³-hybridized carbons (Fsp3) is 0.217. The maximum atomic E-state index is 4.62. The molecule has 5 nitrogen and oxygen atoms in total. The molecule has 5 heteroatoms. The predicted octanol–water partition coefficient (Wildman–Crippen LogP) is 5.23. The number of aryl methyl sites for hydroxylation is 2. The van der Waals surface area contributed by atoms with E-state index in [1.165, 1.54) is 27.6 Å². The standard InChI is InChI=1S/C23H25N5/c1-3-17-8-6-7-16(2)22(17)27-21-12-14-25-23(28-21)24-13-11-18-15-26-20-10-5-4-9-19(18)20/h4-10,12,14-15,26H,3,11,13H2,1-2H3,(H2,24,25,27,28). The molecule has 0 aliphatic rings. The normalized spacial score (nSPS) is 10.9. The number of aromatic nitrogens is 3. The molecule has 0 atom stereocenters. The number of H-pyrrole nitrogens is 1. The lowest BCUT2D eigenvalue weighted by atomic mass is 10.1. The molecule has 0 saturated heterocycles. The molecular formula is C23H25N5. The minimum atomic E-state index is 0.636. The molecule has 0 bridgehead atoms. The van der Waals surface area contributed by atoms with Gasteiger partial charge in [0.2, 0.25) is 5.95 Å². The fourth-order valence-electron chi connectivity index (χ4n) is 3.49. The van der Waals surface area contributed by atoms with E-state index in [0.29, 0.717) is 5.95 Å². The number of rotatable bonds is 7. The molecule has 0 unspecified atom stereocenters. The van der Waals surface area contributed by atoms with Gasteiger partial charge in [-0.1, -0.05) is 43.3 Å². The van der Waals surface area contributed by atoms with Gasteiger partial charge < -0.3 is 15.6 Å². The zero-order chi connectivity index (χ0) is 19.3. The van der Waals surface area contributed by atoms with Crippen molar-refractivity contribution in [3.63, 3.8) is 0 Å². The zero-order valence-corrected chi connectivity index (χ0v) is 16.3. The van der Waals surface area contributed by atoms with Crippen LogP contribution in [0.2, 0.25) is 0 Å². The average Bonchev–Trinajstić information content (AvgIpc) is 3.13. The molecule has 28 heavy (non-hydrogen) atoms. The van der Waals surface area contributed by atoms with Crippen molar-refractivity contribution in [2.75, 3.05) is 17.2 Å². The largest absolute Gasteiger partial charge is 0.361 e. The van der Waals surface area contributed by atoms with E-state index in [-0.39, 0.29) is 0 Å². The van der Waals surface area contributed by atoms with Crippen LogP contribution in [0.4, 0.5) is 17.5 Å². The van der Waals surface area contributed by atoms with E-state index in [1.807, 2.05) is 12.1 Å². The Bertz CT molecular complexity index is 1080. The molecule has 4 rings (SSSR count). The van der Waals surface area contributed by atoms with Gasteiger partial charge in [0.05, 0.1) is 0 Å². The van der Waals surface area contributed by atoms with E-state index in [1.54, 1.807) is 6.20 Å². The molecule has 2 aromatic carbocycles. The van der Waals surface area contributed by atoms with E-state index in [0.717, 1.165) is 30.9 Å². The molecule has 0 radical (unpaired) electrons. The summed E-state index contributed by atoms with van der Waals surface area (Å²) < 4.78 is 0. The number of para-hydroxylation sites is 2. The van der Waals surface area contributed by atoms with Crippen LogP contribution >= 0.6 is 0 Å². The number of fused-ring (bicyclic) bond motifs is 1. The van der Waals surface area contributed by atoms with Gasteiger partial charge in [-0.15, -0.1) is 0 Å². The number of hydrogen-bond donors (Lipinski definition) is 3. The van der Waals surface area contributed by atoms with Gasteiger partial charge >= 0.3 is 0 Å².